The summed E-state index contributed by atoms with van der Waals surface area (Å²) in [6.07, 6.45) is 9.39. The van der Waals surface area contributed by atoms with Gasteiger partial charge in [0.2, 0.25) is 11.9 Å². The molecule has 0 fully saturated rings. The van der Waals surface area contributed by atoms with Crippen LogP contribution in [-0.4, -0.2) is 50.1 Å². The molecule has 0 unspecified atom stereocenters. The minimum atomic E-state index is 0.548. The van der Waals surface area contributed by atoms with Crippen molar-refractivity contribution in [3.63, 3.8) is 0 Å². The summed E-state index contributed by atoms with van der Waals surface area (Å²) < 4.78 is 6.96. The van der Waals surface area contributed by atoms with E-state index in [0.717, 1.165) is 117 Å². The molecule has 18 rings (SSSR count). The molecule has 0 bridgehead atoms. The molecule has 6 heterocycles. The molecule has 5 aromatic heterocycles. The van der Waals surface area contributed by atoms with Gasteiger partial charge in [-0.3, -0.25) is 4.57 Å². The highest BCUT2D eigenvalue weighted by atomic mass is 15.3. The van der Waals surface area contributed by atoms with E-state index in [1.807, 2.05) is 36.4 Å². The second-order valence-corrected chi connectivity index (χ2v) is 23.8. The van der Waals surface area contributed by atoms with Crippen molar-refractivity contribution in [1.82, 2.24) is 43.6 Å². The van der Waals surface area contributed by atoms with Crippen LogP contribution < -0.4 is 4.90 Å². The van der Waals surface area contributed by atoms with Crippen molar-refractivity contribution in [3.05, 3.63) is 321 Å². The Morgan fingerprint density at radius 3 is 1.12 bits per heavy atom. The van der Waals surface area contributed by atoms with Crippen LogP contribution in [0.2, 0.25) is 0 Å². The van der Waals surface area contributed by atoms with E-state index in [1.54, 1.807) is 0 Å². The van der Waals surface area contributed by atoms with E-state index in [9.17, 15) is 0 Å². The van der Waals surface area contributed by atoms with Crippen LogP contribution in [0.15, 0.2) is 315 Å². The summed E-state index contributed by atoms with van der Waals surface area (Å²) in [6.45, 7) is 0.556. The van der Waals surface area contributed by atoms with Gasteiger partial charge < -0.3 is 14.0 Å². The summed E-state index contributed by atoms with van der Waals surface area (Å²) in [4.78, 5) is 33.9. The topological polar surface area (TPSA) is 95.4 Å². The number of hydrogen-bond acceptors (Lipinski definition) is 7. The molecule has 0 spiro atoms. The molecule has 0 radical (unpaired) electrons. The van der Waals surface area contributed by atoms with Crippen molar-refractivity contribution in [2.45, 2.75) is 6.42 Å². The normalized spacial score (nSPS) is 12.5. The Labute approximate surface area is 541 Å². The summed E-state index contributed by atoms with van der Waals surface area (Å²) in [5, 5.41) is 6.92. The van der Waals surface area contributed by atoms with E-state index < -0.39 is 0 Å². The Bertz CT molecular complexity index is 5830. The lowest BCUT2D eigenvalue weighted by Gasteiger charge is -2.25. The molecule has 1 aliphatic rings. The van der Waals surface area contributed by atoms with Gasteiger partial charge in [0.25, 0.3) is 0 Å². The summed E-state index contributed by atoms with van der Waals surface area (Å²) in [6, 6.07) is 103. The van der Waals surface area contributed by atoms with E-state index in [2.05, 4.69) is 298 Å². The minimum absolute atomic E-state index is 0.548. The first-order valence-corrected chi connectivity index (χ1v) is 31.8. The van der Waals surface area contributed by atoms with Gasteiger partial charge in [0.1, 0.15) is 0 Å². The van der Waals surface area contributed by atoms with Crippen molar-refractivity contribution in [3.8, 4) is 85.1 Å². The van der Waals surface area contributed by atoms with E-state index >= 15 is 0 Å². The average molecular weight is 1210 g/mol. The molecule has 442 valence electrons. The second-order valence-electron chi connectivity index (χ2n) is 23.8. The lowest BCUT2D eigenvalue weighted by molar-refractivity contribution is 0.954. The maximum Gasteiger partial charge on any atom is 0.238 e. The van der Waals surface area contributed by atoms with Crippen molar-refractivity contribution in [2.75, 3.05) is 11.4 Å². The third kappa shape index (κ3) is 9.42. The zero-order chi connectivity index (χ0) is 62.1. The highest BCUT2D eigenvalue weighted by Gasteiger charge is 2.25. The summed E-state index contributed by atoms with van der Waals surface area (Å²) in [5.74, 6) is 3.50. The molecule has 12 aromatic carbocycles. The molecule has 10 heteroatoms. The fourth-order valence-electron chi connectivity index (χ4n) is 13.8. The predicted octanol–water partition coefficient (Wildman–Crippen LogP) is 20.2. The van der Waals surface area contributed by atoms with Gasteiger partial charge in [0.15, 0.2) is 23.3 Å². The molecular formula is C84H56N10. The maximum atomic E-state index is 5.36. The molecule has 0 amide bonds. The number of nitrogens with zero attached hydrogens (tertiary/aromatic N) is 10. The lowest BCUT2D eigenvalue weighted by Crippen LogP contribution is -2.22. The molecule has 0 N–H and O–H groups in total. The number of hydrogen-bond donors (Lipinski definition) is 0. The van der Waals surface area contributed by atoms with Crippen LogP contribution >= 0.6 is 0 Å². The molecule has 0 saturated heterocycles. The van der Waals surface area contributed by atoms with Gasteiger partial charge in [0, 0.05) is 78.2 Å². The fraction of sp³-hybridized carbons (Fsp3) is 0.0238. The van der Waals surface area contributed by atoms with Crippen LogP contribution in [0.3, 0.4) is 0 Å². The third-order valence-corrected chi connectivity index (χ3v) is 18.2. The third-order valence-electron chi connectivity index (χ3n) is 18.2. The van der Waals surface area contributed by atoms with Crippen molar-refractivity contribution >= 4 is 77.1 Å². The van der Waals surface area contributed by atoms with Crippen LogP contribution in [0.25, 0.3) is 151 Å². The van der Waals surface area contributed by atoms with Crippen molar-refractivity contribution in [1.29, 1.82) is 0 Å². The lowest BCUT2D eigenvalue weighted by atomic mass is 9.97. The first-order chi connectivity index (χ1) is 46.6. The van der Waals surface area contributed by atoms with Gasteiger partial charge >= 0.3 is 0 Å². The smallest absolute Gasteiger partial charge is 0.238 e. The molecule has 0 aliphatic carbocycles. The molecule has 17 aromatic rings. The summed E-state index contributed by atoms with van der Waals surface area (Å²) in [5.41, 5.74) is 19.0. The molecule has 1 aliphatic heterocycles. The zero-order valence-electron chi connectivity index (χ0n) is 50.9. The second kappa shape index (κ2) is 22.7. The Morgan fingerprint density at radius 1 is 0.245 bits per heavy atom. The van der Waals surface area contributed by atoms with Gasteiger partial charge in [0.05, 0.1) is 33.1 Å². The highest BCUT2D eigenvalue weighted by molar-refractivity contribution is 6.19. The minimum Gasteiger partial charge on any atom is -0.309 e. The van der Waals surface area contributed by atoms with Gasteiger partial charge in [-0.2, -0.15) is 19.9 Å². The van der Waals surface area contributed by atoms with Crippen LogP contribution in [0, 0.1) is 0 Å². The molecule has 10 nitrogen and oxygen atoms in total. The number of rotatable bonds is 10. The van der Waals surface area contributed by atoms with Crippen LogP contribution in [0.4, 0.5) is 11.6 Å². The quantitative estimate of drug-likeness (QED) is 0.135. The van der Waals surface area contributed by atoms with Crippen LogP contribution in [0.1, 0.15) is 5.56 Å². The SMILES string of the molecule is C1=CCc2cc3c(cc2N(c2nc(-c4ccccc4)nc(-c4ccc(-c5cccc(-c6ccc(-c7nc(-c8ccccc8)nc(-n8c9ccccc9c9cc%10c(cc98)c8ccccc8n%10-c8ccccc8)n7)cc6)c5)cc4)n2)CC=C1)c1ccccc1n3-c1ccccc1. The van der Waals surface area contributed by atoms with Crippen LogP contribution in [0.5, 0.6) is 0 Å². The molecule has 0 atom stereocenters. The predicted molar refractivity (Wildman–Crippen MR) is 384 cm³/mol. The largest absolute Gasteiger partial charge is 0.309 e. The Kier molecular flexibility index (Phi) is 13.1. The Balaban J connectivity index is 0.689. The number of anilines is 2. The first kappa shape index (κ1) is 54.3. The van der Waals surface area contributed by atoms with E-state index in [-0.39, 0.29) is 0 Å². The Hall–Kier alpha value is -12.7. The highest BCUT2D eigenvalue weighted by Crippen LogP contribution is 2.42. The van der Waals surface area contributed by atoms with E-state index in [1.165, 1.54) is 21.7 Å². The zero-order valence-corrected chi connectivity index (χ0v) is 50.9. The summed E-state index contributed by atoms with van der Waals surface area (Å²) >= 11 is 0. The van der Waals surface area contributed by atoms with Crippen LogP contribution in [-0.2, 0) is 6.42 Å². The van der Waals surface area contributed by atoms with Gasteiger partial charge in [-0.25, -0.2) is 9.97 Å². The van der Waals surface area contributed by atoms with E-state index in [0.29, 0.717) is 41.7 Å². The number of fused-ring (bicyclic) bond motifs is 10. The first-order valence-electron chi connectivity index (χ1n) is 31.8. The van der Waals surface area contributed by atoms with Gasteiger partial charge in [-0.15, -0.1) is 0 Å². The maximum absolute atomic E-state index is 5.36. The summed E-state index contributed by atoms with van der Waals surface area (Å²) in [7, 11) is 0. The van der Waals surface area contributed by atoms with Crippen molar-refractivity contribution in [2.24, 2.45) is 0 Å². The monoisotopic (exact) mass is 1200 g/mol. The standard InChI is InChI=1S/C84H56N10/c1-2-22-49-91(75-52-69-66-35-16-19-38-72(66)92(64-31-12-5-13-32-64)76(69)51-63(75)28-7-1)83-87-79(57-24-8-3-9-25-57)85-81(88-83)59-45-41-55(42-46-59)61-29-23-30-62(50-61)56-43-47-60(48-44-56)82-86-80(58-26-10-4-11-27-58)89-84(90-82)94-74-40-21-18-37-68(74)71-53-77-70(54-78(71)94)67-36-17-20-39-73(67)93(77)65-33-14-6-15-34-65/h1-27,29-48,50-54H,28,49H2. The number of aromatic nitrogens is 9. The number of para-hydroxylation sites is 5. The van der Waals surface area contributed by atoms with Crippen molar-refractivity contribution < 1.29 is 0 Å². The number of benzene rings is 12. The molecule has 0 saturated carbocycles. The molecule has 94 heavy (non-hydrogen) atoms. The number of allylic oxidation sites excluding steroid dienone is 3. The van der Waals surface area contributed by atoms with E-state index in [4.69, 9.17) is 29.9 Å². The van der Waals surface area contributed by atoms with Gasteiger partial charge in [-0.1, -0.05) is 243 Å². The van der Waals surface area contributed by atoms with Gasteiger partial charge in [-0.05, 0) is 107 Å². The molecular weight excluding hydrogens is 1150 g/mol. The average Bonchev–Trinajstić information content (AvgIpc) is 1.56. The Morgan fingerprint density at radius 2 is 0.617 bits per heavy atom. The fourth-order valence-corrected chi connectivity index (χ4v) is 13.8.